The quantitative estimate of drug-likeness (QED) is 0.386. The third kappa shape index (κ3) is 7.17. The molecule has 3 heteroatoms. The molecule has 2 nitrogen and oxygen atoms in total. The topological polar surface area (TPSA) is 34.1 Å². The van der Waals surface area contributed by atoms with Crippen molar-refractivity contribution in [3.63, 3.8) is 0 Å². The second-order valence-corrected chi connectivity index (χ2v) is 13.5. The summed E-state index contributed by atoms with van der Waals surface area (Å²) in [6.45, 7) is 13.9. The van der Waals surface area contributed by atoms with Crippen molar-refractivity contribution in [2.45, 2.75) is 106 Å². The minimum Gasteiger partial charge on any atom is -0.294 e. The van der Waals surface area contributed by atoms with Gasteiger partial charge in [0.05, 0.1) is 5.02 Å². The van der Waals surface area contributed by atoms with E-state index >= 15 is 0 Å². The maximum atomic E-state index is 13.1. The Balaban J connectivity index is 1.57. The second kappa shape index (κ2) is 10.6. The Kier molecular flexibility index (Phi) is 8.52. The molecule has 0 radical (unpaired) electrons. The first kappa shape index (κ1) is 26.5. The van der Waals surface area contributed by atoms with E-state index in [1.807, 2.05) is 0 Å². The van der Waals surface area contributed by atoms with Crippen LogP contribution in [0.2, 0.25) is 5.02 Å². The van der Waals surface area contributed by atoms with E-state index in [0.29, 0.717) is 51.7 Å². The lowest BCUT2D eigenvalue weighted by molar-refractivity contribution is 0.0915. The molecule has 184 valence electrons. The average molecular weight is 473 g/mol. The number of ketones is 2. The van der Waals surface area contributed by atoms with Gasteiger partial charge in [-0.25, -0.2) is 0 Å². The lowest BCUT2D eigenvalue weighted by Gasteiger charge is -2.37. The van der Waals surface area contributed by atoms with Gasteiger partial charge in [-0.3, -0.25) is 9.59 Å². The average Bonchev–Trinajstić information content (AvgIpc) is 2.73. The molecule has 2 fully saturated rings. The van der Waals surface area contributed by atoms with E-state index < -0.39 is 0 Å². The van der Waals surface area contributed by atoms with Crippen LogP contribution >= 0.6 is 11.6 Å². The predicted octanol–water partition coefficient (Wildman–Crippen LogP) is 9.19. The number of benzene rings is 1. The highest BCUT2D eigenvalue weighted by molar-refractivity contribution is 6.34. The Labute approximate surface area is 207 Å². The van der Waals surface area contributed by atoms with E-state index in [4.69, 9.17) is 11.6 Å². The molecule has 2 aliphatic rings. The molecular formula is C30H45ClO2. The summed E-state index contributed by atoms with van der Waals surface area (Å²) in [5.74, 6) is 2.65. The third-order valence-corrected chi connectivity index (χ3v) is 9.01. The van der Waals surface area contributed by atoms with Crippen LogP contribution in [0.25, 0.3) is 0 Å². The van der Waals surface area contributed by atoms with Crippen molar-refractivity contribution in [1.29, 1.82) is 0 Å². The van der Waals surface area contributed by atoms with Gasteiger partial charge in [0.2, 0.25) is 0 Å². The first-order valence-electron chi connectivity index (χ1n) is 13.2. The van der Waals surface area contributed by atoms with Crippen LogP contribution in [-0.2, 0) is 0 Å². The molecule has 0 saturated heterocycles. The lowest BCUT2D eigenvalue weighted by Crippen LogP contribution is -2.27. The van der Waals surface area contributed by atoms with Gasteiger partial charge >= 0.3 is 0 Å². The monoisotopic (exact) mass is 472 g/mol. The van der Waals surface area contributed by atoms with Gasteiger partial charge in [-0.05, 0) is 104 Å². The van der Waals surface area contributed by atoms with Gasteiger partial charge in [0.1, 0.15) is 0 Å². The minimum absolute atomic E-state index is 0.0968. The zero-order valence-electron chi connectivity index (χ0n) is 21.8. The van der Waals surface area contributed by atoms with Crippen LogP contribution < -0.4 is 0 Å². The first-order chi connectivity index (χ1) is 15.3. The van der Waals surface area contributed by atoms with Crippen LogP contribution in [0.1, 0.15) is 126 Å². The Morgan fingerprint density at radius 3 is 1.58 bits per heavy atom. The molecular weight excluding hydrogens is 428 g/mol. The van der Waals surface area contributed by atoms with Gasteiger partial charge in [-0.15, -0.1) is 0 Å². The van der Waals surface area contributed by atoms with Crippen molar-refractivity contribution < 1.29 is 9.59 Å². The van der Waals surface area contributed by atoms with Gasteiger partial charge in [0.25, 0.3) is 0 Å². The summed E-state index contributed by atoms with van der Waals surface area (Å²) >= 11 is 6.41. The van der Waals surface area contributed by atoms with Crippen LogP contribution in [0.3, 0.4) is 0 Å². The highest BCUT2D eigenvalue weighted by Gasteiger charge is 2.32. The third-order valence-electron chi connectivity index (χ3n) is 8.68. The molecule has 1 aromatic carbocycles. The highest BCUT2D eigenvalue weighted by Crippen LogP contribution is 2.42. The van der Waals surface area contributed by atoms with E-state index in [2.05, 4.69) is 41.5 Å². The number of Topliss-reactive ketones (excluding diaryl/α,β-unsaturated/α-hetero) is 2. The first-order valence-corrected chi connectivity index (χ1v) is 13.6. The van der Waals surface area contributed by atoms with Crippen LogP contribution in [0.5, 0.6) is 0 Å². The molecule has 0 aromatic heterocycles. The lowest BCUT2D eigenvalue weighted by atomic mass is 9.69. The molecule has 0 aliphatic heterocycles. The zero-order valence-corrected chi connectivity index (χ0v) is 22.6. The van der Waals surface area contributed by atoms with Crippen LogP contribution in [0.4, 0.5) is 0 Å². The van der Waals surface area contributed by atoms with Gasteiger partial charge in [0.15, 0.2) is 11.6 Å². The largest absolute Gasteiger partial charge is 0.294 e. The van der Waals surface area contributed by atoms with E-state index in [1.165, 1.54) is 25.7 Å². The van der Waals surface area contributed by atoms with Crippen LogP contribution in [-0.4, -0.2) is 11.6 Å². The highest BCUT2D eigenvalue weighted by atomic mass is 35.5. The number of hydrogen-bond donors (Lipinski definition) is 0. The number of hydrogen-bond acceptors (Lipinski definition) is 2. The fourth-order valence-corrected chi connectivity index (χ4v) is 6.35. The van der Waals surface area contributed by atoms with E-state index in [-0.39, 0.29) is 11.6 Å². The van der Waals surface area contributed by atoms with Gasteiger partial charge in [0, 0.05) is 24.0 Å². The van der Waals surface area contributed by atoms with Gasteiger partial charge in [-0.2, -0.15) is 0 Å². The summed E-state index contributed by atoms with van der Waals surface area (Å²) < 4.78 is 0. The molecule has 0 heterocycles. The predicted molar refractivity (Wildman–Crippen MR) is 139 cm³/mol. The van der Waals surface area contributed by atoms with Crippen LogP contribution in [0, 0.1) is 34.5 Å². The molecule has 0 atom stereocenters. The summed E-state index contributed by atoms with van der Waals surface area (Å²) in [6.07, 6.45) is 10.4. The fourth-order valence-electron chi connectivity index (χ4n) is 6.13. The van der Waals surface area contributed by atoms with E-state index in [1.54, 1.807) is 18.2 Å². The maximum Gasteiger partial charge on any atom is 0.164 e. The number of carbonyl (C=O) groups is 2. The van der Waals surface area contributed by atoms with E-state index in [9.17, 15) is 9.59 Å². The molecule has 2 saturated carbocycles. The molecule has 0 amide bonds. The summed E-state index contributed by atoms with van der Waals surface area (Å²) in [7, 11) is 0. The van der Waals surface area contributed by atoms with Crippen molar-refractivity contribution in [1.82, 2.24) is 0 Å². The molecule has 0 bridgehead atoms. The molecule has 3 rings (SSSR count). The minimum atomic E-state index is 0.0968. The van der Waals surface area contributed by atoms with Crippen LogP contribution in [0.15, 0.2) is 18.2 Å². The van der Waals surface area contributed by atoms with Gasteiger partial charge in [-0.1, -0.05) is 53.1 Å². The second-order valence-electron chi connectivity index (χ2n) is 13.1. The van der Waals surface area contributed by atoms with Crippen molar-refractivity contribution in [3.05, 3.63) is 34.3 Å². The SMILES string of the molecule is CC(C)(C)C1CCC(CC(=O)c2ccc(Cl)c(C(=O)CC3CCC(C(C)(C)C)CC3)c2)CC1. The number of carbonyl (C=O) groups excluding carboxylic acids is 2. The Morgan fingerprint density at radius 2 is 1.15 bits per heavy atom. The molecule has 0 unspecified atom stereocenters. The standard InChI is InChI=1S/C30H45ClO2/c1-29(2,3)23-12-7-20(8-13-23)17-27(32)22-11-16-26(31)25(19-22)28(33)18-21-9-14-24(15-10-21)30(4,5)6/h11,16,19-21,23-24H,7-10,12-15,17-18H2,1-6H3. The number of halogens is 1. The zero-order chi connectivity index (χ0) is 24.4. The van der Waals surface area contributed by atoms with Gasteiger partial charge < -0.3 is 0 Å². The molecule has 2 aliphatic carbocycles. The van der Waals surface area contributed by atoms with Crippen molar-refractivity contribution in [2.75, 3.05) is 0 Å². The van der Waals surface area contributed by atoms with Crippen molar-refractivity contribution >= 4 is 23.2 Å². The normalized spacial score (nSPS) is 26.8. The number of rotatable bonds is 6. The van der Waals surface area contributed by atoms with Crippen molar-refractivity contribution in [2.24, 2.45) is 34.5 Å². The molecule has 1 aromatic rings. The van der Waals surface area contributed by atoms with E-state index in [0.717, 1.165) is 37.5 Å². The fraction of sp³-hybridized carbons (Fsp3) is 0.733. The Bertz CT molecular complexity index is 826. The summed E-state index contributed by atoms with van der Waals surface area (Å²) in [6, 6.07) is 5.32. The Hall–Kier alpha value is -1.15. The summed E-state index contributed by atoms with van der Waals surface area (Å²) in [5, 5.41) is 0.477. The smallest absolute Gasteiger partial charge is 0.164 e. The molecule has 0 spiro atoms. The molecule has 33 heavy (non-hydrogen) atoms. The van der Waals surface area contributed by atoms with Crippen molar-refractivity contribution in [3.8, 4) is 0 Å². The summed E-state index contributed by atoms with van der Waals surface area (Å²) in [4.78, 5) is 26.2. The Morgan fingerprint density at radius 1 is 0.727 bits per heavy atom. The molecule has 0 N–H and O–H groups in total. The maximum absolute atomic E-state index is 13.1. The summed E-state index contributed by atoms with van der Waals surface area (Å²) in [5.41, 5.74) is 1.89.